The first-order valence-electron chi connectivity index (χ1n) is 10.9. The third kappa shape index (κ3) is 5.35. The highest BCUT2D eigenvalue weighted by atomic mass is 16.5. The van der Waals surface area contributed by atoms with Crippen LogP contribution in [0.25, 0.3) is 10.9 Å². The second-order valence-corrected chi connectivity index (χ2v) is 5.91. The minimum Gasteiger partial charge on any atom is -0.487 e. The number of fused-ring (bicyclic) bond motifs is 1. The number of ether oxygens (including phenoxy) is 4. The summed E-state index contributed by atoms with van der Waals surface area (Å²) in [5, 5.41) is 3.93. The van der Waals surface area contributed by atoms with Crippen LogP contribution in [0.2, 0.25) is 0 Å². The normalized spacial score (nSPS) is 12.7. The molecule has 0 saturated carbocycles. The van der Waals surface area contributed by atoms with Crippen molar-refractivity contribution in [2.24, 2.45) is 0 Å². The Balaban J connectivity index is 1.89. The van der Waals surface area contributed by atoms with Crippen LogP contribution < -0.4 is 14.8 Å². The van der Waals surface area contributed by atoms with Gasteiger partial charge in [-0.05, 0) is 24.3 Å². The van der Waals surface area contributed by atoms with Gasteiger partial charge in [-0.15, -0.1) is 6.40 Å². The zero-order chi connectivity index (χ0) is 23.7. The number of anilines is 2. The maximum atomic E-state index is 7.11. The number of nitrogens with one attached hydrogen (secondary N) is 1. The molecule has 0 amide bonds. The predicted octanol–water partition coefficient (Wildman–Crippen LogP) is 3.41. The zero-order valence-electron chi connectivity index (χ0n) is 19.9. The number of nitrogens with zero attached hydrogens (tertiary/aromatic N) is 2. The average molecular weight is 397 g/mol. The number of rotatable bonds is 10. The molecule has 3 aromatic rings. The Labute approximate surface area is 175 Å². The molecular weight excluding hydrogens is 370 g/mol. The molecule has 150 valence electrons. The molecule has 7 heteroatoms. The minimum absolute atomic E-state index is 0.0184. The molecule has 0 aliphatic carbocycles. The van der Waals surface area contributed by atoms with Crippen molar-refractivity contribution in [3.05, 3.63) is 48.3 Å². The van der Waals surface area contributed by atoms with Crippen molar-refractivity contribution in [3.8, 4) is 23.8 Å². The summed E-state index contributed by atoms with van der Waals surface area (Å²) in [6.07, 6.45) is 3.56. The number of hydrogen-bond acceptors (Lipinski definition) is 7. The maximum Gasteiger partial charge on any atom is 0.163 e. The molecule has 0 saturated heterocycles. The Morgan fingerprint density at radius 2 is 1.90 bits per heavy atom. The molecule has 0 aliphatic rings. The van der Waals surface area contributed by atoms with E-state index in [0.717, 1.165) is 5.69 Å². The minimum atomic E-state index is -2.48. The van der Waals surface area contributed by atoms with Crippen LogP contribution in [-0.2, 0) is 9.47 Å². The fourth-order valence-corrected chi connectivity index (χ4v) is 2.63. The lowest BCUT2D eigenvalue weighted by atomic mass is 10.2. The van der Waals surface area contributed by atoms with Crippen LogP contribution in [0.4, 0.5) is 11.5 Å². The molecule has 0 fully saturated rings. The van der Waals surface area contributed by atoms with E-state index in [4.69, 9.17) is 24.4 Å². The van der Waals surface area contributed by atoms with Crippen molar-refractivity contribution in [2.75, 3.05) is 45.9 Å². The summed E-state index contributed by atoms with van der Waals surface area (Å²) in [6.45, 7) is 0.568. The lowest BCUT2D eigenvalue weighted by molar-refractivity contribution is 0.132. The van der Waals surface area contributed by atoms with Crippen LogP contribution in [-0.4, -0.2) is 50.5 Å². The Morgan fingerprint density at radius 1 is 1.07 bits per heavy atom. The average Bonchev–Trinajstić information content (AvgIpc) is 2.77. The van der Waals surface area contributed by atoms with Gasteiger partial charge in [0.15, 0.2) is 11.5 Å². The highest BCUT2D eigenvalue weighted by Crippen LogP contribution is 2.35. The Bertz CT molecular complexity index is 1150. The summed E-state index contributed by atoms with van der Waals surface area (Å²) in [4.78, 5) is 8.67. The first kappa shape index (κ1) is 15.6. The summed E-state index contributed by atoms with van der Waals surface area (Å²) in [6, 6.07) is 10.8. The van der Waals surface area contributed by atoms with Crippen molar-refractivity contribution in [1.29, 1.82) is 0 Å². The number of benzene rings is 2. The molecule has 1 aromatic heterocycles. The first-order chi connectivity index (χ1) is 15.9. The quantitative estimate of drug-likeness (QED) is 0.415. The lowest BCUT2D eigenvalue weighted by Crippen LogP contribution is -2.09. The highest BCUT2D eigenvalue weighted by Gasteiger charge is 2.13. The number of methoxy groups -OCH3 is 2. The summed E-state index contributed by atoms with van der Waals surface area (Å²) in [5.74, 6) is 4.07. The van der Waals surface area contributed by atoms with Gasteiger partial charge < -0.3 is 24.3 Å². The second-order valence-electron chi connectivity index (χ2n) is 5.91. The first-order valence-corrected chi connectivity index (χ1v) is 8.87. The van der Waals surface area contributed by atoms with Gasteiger partial charge in [-0.2, -0.15) is 0 Å². The standard InChI is InChI=1S/C22H23N3O4/c1-4-16-6-5-7-17(12-16)25-22-18-13-20(28-10-8-26-2)21(29-11-9-27-3)14-19(18)23-15-24-22/h1,5-7,12-15H,8-11H2,2-3H3,(H,23,24,25)/i1D,3D3. The van der Waals surface area contributed by atoms with E-state index < -0.39 is 7.04 Å². The molecule has 0 aliphatic heterocycles. The largest absolute Gasteiger partial charge is 0.487 e. The van der Waals surface area contributed by atoms with Gasteiger partial charge in [0.25, 0.3) is 0 Å². The molecular formula is C22H23N3O4. The van der Waals surface area contributed by atoms with E-state index in [2.05, 4.69) is 27.6 Å². The lowest BCUT2D eigenvalue weighted by Gasteiger charge is -2.15. The summed E-state index contributed by atoms with van der Waals surface area (Å²) in [5.41, 5.74) is 2.05. The molecule has 29 heavy (non-hydrogen) atoms. The Hall–Kier alpha value is -3.34. The molecule has 2 aromatic carbocycles. The summed E-state index contributed by atoms with van der Waals surface area (Å²) >= 11 is 0. The van der Waals surface area contributed by atoms with Gasteiger partial charge in [-0.25, -0.2) is 9.97 Å². The second kappa shape index (κ2) is 10.3. The fraction of sp³-hybridized carbons (Fsp3) is 0.273. The summed E-state index contributed by atoms with van der Waals surface area (Å²) < 4.78 is 49.7. The van der Waals surface area contributed by atoms with Gasteiger partial charge in [-0.1, -0.05) is 12.0 Å². The van der Waals surface area contributed by atoms with Crippen LogP contribution >= 0.6 is 0 Å². The van der Waals surface area contributed by atoms with E-state index in [9.17, 15) is 0 Å². The zero-order valence-corrected chi connectivity index (χ0v) is 15.9. The molecule has 0 atom stereocenters. The van der Waals surface area contributed by atoms with Crippen LogP contribution in [0.5, 0.6) is 11.5 Å². The van der Waals surface area contributed by atoms with E-state index in [-0.39, 0.29) is 19.8 Å². The molecule has 3 rings (SSSR count). The van der Waals surface area contributed by atoms with Crippen LogP contribution in [0, 0.1) is 12.3 Å². The van der Waals surface area contributed by atoms with E-state index in [1.165, 1.54) is 6.33 Å². The van der Waals surface area contributed by atoms with Crippen molar-refractivity contribution in [2.45, 2.75) is 0 Å². The van der Waals surface area contributed by atoms with Crippen molar-refractivity contribution in [3.63, 3.8) is 0 Å². The van der Waals surface area contributed by atoms with Gasteiger partial charge in [0.05, 0.1) is 22.8 Å². The van der Waals surface area contributed by atoms with E-state index in [1.54, 1.807) is 19.2 Å². The summed E-state index contributed by atoms with van der Waals surface area (Å²) in [7, 11) is -0.912. The van der Waals surface area contributed by atoms with Crippen LogP contribution in [0.1, 0.15) is 11.0 Å². The van der Waals surface area contributed by atoms with E-state index in [1.807, 2.05) is 24.3 Å². The molecule has 7 nitrogen and oxygen atoms in total. The molecule has 0 spiro atoms. The highest BCUT2D eigenvalue weighted by molar-refractivity contribution is 5.93. The predicted molar refractivity (Wildman–Crippen MR) is 112 cm³/mol. The third-order valence-electron chi connectivity index (χ3n) is 3.96. The number of terminal acetylenes is 1. The number of hydrogen-bond donors (Lipinski definition) is 1. The van der Waals surface area contributed by atoms with Crippen LogP contribution in [0.3, 0.4) is 0 Å². The van der Waals surface area contributed by atoms with Crippen molar-refractivity contribution < 1.29 is 24.4 Å². The van der Waals surface area contributed by atoms with Gasteiger partial charge in [0, 0.05) is 36.9 Å². The van der Waals surface area contributed by atoms with Gasteiger partial charge >= 0.3 is 0 Å². The molecule has 1 N–H and O–H groups in total. The SMILES string of the molecule is [2H]C#Cc1cccc(Nc2ncnc3cc(OCCOC([2H])([2H])[2H])c(OCCOC)cc23)c1. The molecule has 1 heterocycles. The Kier molecular flexibility index (Phi) is 5.51. The van der Waals surface area contributed by atoms with Crippen molar-refractivity contribution in [1.82, 2.24) is 9.97 Å². The maximum absolute atomic E-state index is 7.11. The Morgan fingerprint density at radius 3 is 2.69 bits per heavy atom. The van der Waals surface area contributed by atoms with Gasteiger partial charge in [0.2, 0.25) is 0 Å². The molecule has 0 radical (unpaired) electrons. The van der Waals surface area contributed by atoms with Crippen molar-refractivity contribution >= 4 is 22.4 Å². The topological polar surface area (TPSA) is 74.7 Å². The molecule has 0 bridgehead atoms. The fourth-order valence-electron chi connectivity index (χ4n) is 2.63. The number of aromatic nitrogens is 2. The van der Waals surface area contributed by atoms with Gasteiger partial charge in [0.1, 0.15) is 26.7 Å². The molecule has 0 unspecified atom stereocenters. The van der Waals surface area contributed by atoms with Gasteiger partial charge in [-0.3, -0.25) is 0 Å². The monoisotopic (exact) mass is 397 g/mol. The van der Waals surface area contributed by atoms with E-state index in [0.29, 0.717) is 40.4 Å². The van der Waals surface area contributed by atoms with E-state index >= 15 is 0 Å². The van der Waals surface area contributed by atoms with Crippen LogP contribution in [0.15, 0.2) is 42.7 Å². The smallest absolute Gasteiger partial charge is 0.163 e. The third-order valence-corrected chi connectivity index (χ3v) is 3.96.